The van der Waals surface area contributed by atoms with Crippen molar-refractivity contribution >= 4 is 0 Å². The summed E-state index contributed by atoms with van der Waals surface area (Å²) in [4.78, 5) is 0. The van der Waals surface area contributed by atoms with Crippen LogP contribution in [-0.4, -0.2) is 30.6 Å². The van der Waals surface area contributed by atoms with E-state index in [1.54, 1.807) is 0 Å². The van der Waals surface area contributed by atoms with Crippen molar-refractivity contribution in [1.82, 2.24) is 0 Å². The van der Waals surface area contributed by atoms with Crippen molar-refractivity contribution in [2.75, 3.05) is 0 Å². The Hall–Kier alpha value is 0.686. The second-order valence-corrected chi connectivity index (χ2v) is 3.33. The monoisotopic (exact) mass is 374 g/mol. The zero-order chi connectivity index (χ0) is 17.0. The van der Waals surface area contributed by atoms with Crippen LogP contribution in [0, 0.1) is 5.41 Å². The normalized spacial score (nSPS) is 15.7. The molecule has 0 aromatic carbocycles. The molecule has 0 saturated heterocycles. The van der Waals surface area contributed by atoms with Gasteiger partial charge in [-0.25, -0.2) is 8.78 Å². The molecule has 0 aliphatic heterocycles. The van der Waals surface area contributed by atoms with E-state index in [1.165, 1.54) is 0 Å². The summed E-state index contributed by atoms with van der Waals surface area (Å²) >= 11 is 0. The Bertz CT molecular complexity index is 321. The van der Waals surface area contributed by atoms with Gasteiger partial charge in [-0.05, 0) is 0 Å². The molecule has 0 saturated carbocycles. The molecule has 0 spiro atoms. The Morgan fingerprint density at radius 3 is 0.762 bits per heavy atom. The molecule has 0 heterocycles. The van der Waals surface area contributed by atoms with Crippen LogP contribution in [0.5, 0.6) is 0 Å². The first-order chi connectivity index (χ1) is 8.25. The van der Waals surface area contributed by atoms with Gasteiger partial charge in [0.2, 0.25) is 6.11 Å². The van der Waals surface area contributed by atoms with Gasteiger partial charge in [0.25, 0.3) is 5.41 Å². The van der Waals surface area contributed by atoms with Gasteiger partial charge in [-0.15, -0.1) is 0 Å². The second kappa shape index (κ2) is 5.96. The third-order valence-electron chi connectivity index (χ3n) is 2.11. The number of halogens is 13. The van der Waals surface area contributed by atoms with Crippen molar-refractivity contribution in [1.29, 1.82) is 0 Å². The number of hydrogen-bond acceptors (Lipinski definition) is 1. The third kappa shape index (κ3) is 3.46. The van der Waals surface area contributed by atoms with Gasteiger partial charge in [0.1, 0.15) is 0 Å². The van der Waals surface area contributed by atoms with E-state index < -0.39 is 36.0 Å². The predicted octanol–water partition coefficient (Wildman–Crippen LogP) is 0.252. The molecule has 0 rings (SSSR count). The Morgan fingerprint density at radius 1 is 0.476 bits per heavy atom. The molecular weight excluding hydrogens is 374 g/mol. The van der Waals surface area contributed by atoms with Gasteiger partial charge in [0, 0.05) is 0 Å². The van der Waals surface area contributed by atoms with Crippen molar-refractivity contribution in [3.63, 3.8) is 0 Å². The number of rotatable bonds is 2. The Kier molecular flexibility index (Phi) is 6.79. The van der Waals surface area contributed by atoms with Crippen molar-refractivity contribution in [2.24, 2.45) is 5.41 Å². The molecule has 0 amide bonds. The summed E-state index contributed by atoms with van der Waals surface area (Å²) in [5.41, 5.74) is -8.15. The fourth-order valence-electron chi connectivity index (χ4n) is 1.24. The van der Waals surface area contributed by atoms with E-state index in [0.29, 0.717) is 0 Å². The number of hydrogen-bond donors (Lipinski definition) is 0. The molecule has 0 radical (unpaired) electrons. The molecular formula is C6F13KO. The maximum Gasteiger partial charge on any atom is 1.00 e. The van der Waals surface area contributed by atoms with Gasteiger partial charge >= 0.3 is 75.8 Å². The van der Waals surface area contributed by atoms with Crippen LogP contribution < -0.4 is 56.5 Å². The summed E-state index contributed by atoms with van der Waals surface area (Å²) in [5, 5.41) is 9.76. The van der Waals surface area contributed by atoms with Gasteiger partial charge in [-0.3, -0.25) is 0 Å². The summed E-state index contributed by atoms with van der Waals surface area (Å²) in [6, 6.07) is 0. The summed E-state index contributed by atoms with van der Waals surface area (Å²) in [7, 11) is 0. The first kappa shape index (κ1) is 23.9. The van der Waals surface area contributed by atoms with Crippen LogP contribution in [0.1, 0.15) is 0 Å². The summed E-state index contributed by atoms with van der Waals surface area (Å²) in [6.45, 7) is 0. The smallest absolute Gasteiger partial charge is 0.797 e. The average molecular weight is 374 g/mol. The molecule has 0 atom stereocenters. The summed E-state index contributed by atoms with van der Waals surface area (Å²) in [6.07, 6.45) is -31.3. The van der Waals surface area contributed by atoms with E-state index in [2.05, 4.69) is 0 Å². The van der Waals surface area contributed by atoms with E-state index in [4.69, 9.17) is 0 Å². The summed E-state index contributed by atoms with van der Waals surface area (Å²) < 4.78 is 156. The van der Waals surface area contributed by atoms with E-state index >= 15 is 0 Å². The fourth-order valence-corrected chi connectivity index (χ4v) is 1.24. The van der Waals surface area contributed by atoms with E-state index in [1.807, 2.05) is 0 Å². The van der Waals surface area contributed by atoms with Gasteiger partial charge < -0.3 is 5.11 Å². The minimum absolute atomic E-state index is 0. The molecule has 0 unspecified atom stereocenters. The molecule has 15 heteroatoms. The third-order valence-corrected chi connectivity index (χ3v) is 2.11. The molecule has 0 aliphatic carbocycles. The van der Waals surface area contributed by atoms with Gasteiger partial charge in [0.05, 0.1) is 0 Å². The first-order valence-electron chi connectivity index (χ1n) is 3.91. The molecule has 0 N–H and O–H groups in total. The molecule has 0 fully saturated rings. The maximum absolute atomic E-state index is 12.5. The van der Waals surface area contributed by atoms with Crippen molar-refractivity contribution in [3.8, 4) is 0 Å². The molecule has 0 aromatic rings. The van der Waals surface area contributed by atoms with Crippen molar-refractivity contribution in [2.45, 2.75) is 30.6 Å². The number of alkyl halides is 13. The van der Waals surface area contributed by atoms with Crippen LogP contribution in [0.2, 0.25) is 0 Å². The molecule has 0 bridgehead atoms. The largest absolute Gasteiger partial charge is 1.00 e. The quantitative estimate of drug-likeness (QED) is 0.502. The van der Waals surface area contributed by atoms with Crippen LogP contribution in [0.3, 0.4) is 0 Å². The molecule has 1 nitrogen and oxygen atoms in total. The molecule has 0 aliphatic rings. The van der Waals surface area contributed by atoms with Crippen LogP contribution in [0.25, 0.3) is 0 Å². The van der Waals surface area contributed by atoms with Crippen LogP contribution in [-0.2, 0) is 0 Å². The zero-order valence-corrected chi connectivity index (χ0v) is 12.4. The van der Waals surface area contributed by atoms with Crippen LogP contribution in [0.4, 0.5) is 57.1 Å². The fraction of sp³-hybridized carbons (Fsp3) is 1.00. The SMILES string of the molecule is [K+].[O-]C(F)(F)C(C(F)(F)F)(C(F)(F)F)C(F)(F)C(F)(F)F. The molecule has 122 valence electrons. The van der Waals surface area contributed by atoms with E-state index in [0.717, 1.165) is 0 Å². The minimum Gasteiger partial charge on any atom is -0.797 e. The summed E-state index contributed by atoms with van der Waals surface area (Å²) in [5.74, 6) is -8.11. The second-order valence-electron chi connectivity index (χ2n) is 3.33. The molecule has 0 aromatic heterocycles. The van der Waals surface area contributed by atoms with Crippen LogP contribution >= 0.6 is 0 Å². The average Bonchev–Trinajstić information content (AvgIpc) is 1.89. The maximum atomic E-state index is 12.5. The van der Waals surface area contributed by atoms with E-state index in [9.17, 15) is 62.2 Å². The Balaban J connectivity index is 0. The van der Waals surface area contributed by atoms with Crippen molar-refractivity contribution in [3.05, 3.63) is 0 Å². The molecule has 21 heavy (non-hydrogen) atoms. The standard InChI is InChI=1S/C6F13O.K/c7-2(8,5(15,16)17)1(3(9,10)11,4(12,13)14)6(18,19)20;/q-1;+1. The Morgan fingerprint density at radius 2 is 0.714 bits per heavy atom. The van der Waals surface area contributed by atoms with Gasteiger partial charge in [-0.2, -0.15) is 48.3 Å². The predicted molar refractivity (Wildman–Crippen MR) is 30.5 cm³/mol. The Labute approximate surface area is 148 Å². The topological polar surface area (TPSA) is 23.1 Å². The zero-order valence-electron chi connectivity index (χ0n) is 9.32. The van der Waals surface area contributed by atoms with Crippen LogP contribution in [0.15, 0.2) is 0 Å². The van der Waals surface area contributed by atoms with E-state index in [-0.39, 0.29) is 51.4 Å². The van der Waals surface area contributed by atoms with Crippen molar-refractivity contribution < 1.29 is 114 Å². The minimum atomic E-state index is -8.15. The van der Waals surface area contributed by atoms with Gasteiger partial charge in [-0.1, -0.05) is 0 Å². The van der Waals surface area contributed by atoms with Gasteiger partial charge in [0.15, 0.2) is 0 Å². The first-order valence-corrected chi connectivity index (χ1v) is 3.91.